The minimum absolute atomic E-state index is 0.0557. The van der Waals surface area contributed by atoms with Gasteiger partial charge in [0.05, 0.1) is 26.3 Å². The number of nitrogens with zero attached hydrogens (tertiary/aromatic N) is 2. The molecule has 0 aliphatic carbocycles. The first-order valence-electron chi connectivity index (χ1n) is 8.00. The van der Waals surface area contributed by atoms with Crippen LogP contribution in [0.1, 0.15) is 25.8 Å². The number of aromatic nitrogens is 1. The smallest absolute Gasteiger partial charge is 0.225 e. The number of likely N-dealkylation sites (tertiary alicyclic amines) is 1. The number of rotatable bonds is 5. The van der Waals surface area contributed by atoms with E-state index in [1.54, 1.807) is 12.4 Å². The monoisotopic (exact) mass is 304 g/mol. The molecule has 0 radical (unpaired) electrons. The molecule has 0 unspecified atom stereocenters. The minimum Gasteiger partial charge on any atom is -0.376 e. The second-order valence-corrected chi connectivity index (χ2v) is 6.62. The lowest BCUT2D eigenvalue weighted by atomic mass is 9.80. The van der Waals surface area contributed by atoms with E-state index in [0.717, 1.165) is 18.6 Å². The Labute approximate surface area is 131 Å². The van der Waals surface area contributed by atoms with E-state index < -0.39 is 0 Å². The van der Waals surface area contributed by atoms with Gasteiger partial charge in [-0.3, -0.25) is 9.78 Å². The topological polar surface area (TPSA) is 51.7 Å². The normalized spacial score (nSPS) is 23.0. The quantitative estimate of drug-likeness (QED) is 0.833. The van der Waals surface area contributed by atoms with Crippen molar-refractivity contribution in [1.82, 2.24) is 9.88 Å². The number of hydrogen-bond donors (Lipinski definition) is 0. The van der Waals surface area contributed by atoms with Crippen molar-refractivity contribution in [2.75, 3.05) is 26.3 Å². The summed E-state index contributed by atoms with van der Waals surface area (Å²) in [6.07, 6.45) is 4.57. The molecular formula is C17H24N2O3. The van der Waals surface area contributed by atoms with Crippen molar-refractivity contribution in [2.45, 2.75) is 32.5 Å². The fourth-order valence-electron chi connectivity index (χ4n) is 3.29. The molecule has 2 aliphatic rings. The Hall–Kier alpha value is -1.46. The van der Waals surface area contributed by atoms with Gasteiger partial charge in [0.1, 0.15) is 5.60 Å². The number of amides is 1. The van der Waals surface area contributed by atoms with Crippen LogP contribution in [0.4, 0.5) is 0 Å². The zero-order valence-electron chi connectivity index (χ0n) is 13.3. The zero-order valence-corrected chi connectivity index (χ0v) is 13.3. The summed E-state index contributed by atoms with van der Waals surface area (Å²) in [7, 11) is 0. The van der Waals surface area contributed by atoms with E-state index in [9.17, 15) is 4.79 Å². The molecule has 1 aromatic heterocycles. The first kappa shape index (κ1) is 15.4. The Morgan fingerprint density at radius 2 is 2.18 bits per heavy atom. The number of ether oxygens (including phenoxy) is 2. The zero-order chi connectivity index (χ0) is 15.6. The predicted molar refractivity (Wildman–Crippen MR) is 82.1 cm³/mol. The van der Waals surface area contributed by atoms with Crippen LogP contribution in [0.15, 0.2) is 24.5 Å². The summed E-state index contributed by atoms with van der Waals surface area (Å²) in [6.45, 7) is 7.37. The molecule has 1 spiro atoms. The van der Waals surface area contributed by atoms with Crippen molar-refractivity contribution in [3.63, 3.8) is 0 Å². The van der Waals surface area contributed by atoms with Crippen molar-refractivity contribution in [3.05, 3.63) is 30.1 Å². The van der Waals surface area contributed by atoms with Crippen molar-refractivity contribution in [1.29, 1.82) is 0 Å². The molecule has 1 amide bonds. The maximum Gasteiger partial charge on any atom is 0.225 e. The van der Waals surface area contributed by atoms with Gasteiger partial charge in [-0.2, -0.15) is 0 Å². The Morgan fingerprint density at radius 3 is 2.86 bits per heavy atom. The summed E-state index contributed by atoms with van der Waals surface area (Å²) >= 11 is 0. The van der Waals surface area contributed by atoms with Gasteiger partial charge in [-0.1, -0.05) is 13.8 Å². The molecule has 0 bridgehead atoms. The lowest BCUT2D eigenvalue weighted by molar-refractivity contribution is -0.171. The molecule has 2 fully saturated rings. The Balaban J connectivity index is 1.49. The van der Waals surface area contributed by atoms with Gasteiger partial charge in [-0.25, -0.2) is 0 Å². The first-order chi connectivity index (χ1) is 10.6. The molecule has 0 aromatic carbocycles. The average Bonchev–Trinajstić information content (AvgIpc) is 2.90. The van der Waals surface area contributed by atoms with Crippen molar-refractivity contribution < 1.29 is 14.3 Å². The highest BCUT2D eigenvalue weighted by Crippen LogP contribution is 2.40. The van der Waals surface area contributed by atoms with E-state index in [4.69, 9.17) is 9.47 Å². The maximum atomic E-state index is 12.0. The molecule has 120 valence electrons. The van der Waals surface area contributed by atoms with E-state index in [1.807, 2.05) is 30.9 Å². The molecule has 1 aromatic rings. The van der Waals surface area contributed by atoms with Gasteiger partial charge in [0.25, 0.3) is 0 Å². The van der Waals surface area contributed by atoms with E-state index in [2.05, 4.69) is 4.98 Å². The second kappa shape index (κ2) is 6.34. The SMILES string of the molecule is CC(C)C(=O)N1CC2(C1)OCC[C@H]2COCc1ccncc1. The maximum absolute atomic E-state index is 12.0. The Morgan fingerprint density at radius 1 is 1.45 bits per heavy atom. The van der Waals surface area contributed by atoms with Gasteiger partial charge in [-0.15, -0.1) is 0 Å². The predicted octanol–water partition coefficient (Wildman–Crippen LogP) is 1.87. The third-order valence-electron chi connectivity index (χ3n) is 4.66. The highest BCUT2D eigenvalue weighted by molar-refractivity contribution is 5.79. The van der Waals surface area contributed by atoms with E-state index in [1.165, 1.54) is 0 Å². The van der Waals surface area contributed by atoms with Crippen molar-refractivity contribution in [3.8, 4) is 0 Å². The Bertz CT molecular complexity index is 512. The van der Waals surface area contributed by atoms with Gasteiger partial charge < -0.3 is 14.4 Å². The van der Waals surface area contributed by atoms with E-state index >= 15 is 0 Å². The molecule has 0 N–H and O–H groups in total. The highest BCUT2D eigenvalue weighted by atomic mass is 16.5. The molecule has 1 atom stereocenters. The number of hydrogen-bond acceptors (Lipinski definition) is 4. The van der Waals surface area contributed by atoms with E-state index in [-0.39, 0.29) is 17.4 Å². The van der Waals surface area contributed by atoms with Crippen LogP contribution in [0.5, 0.6) is 0 Å². The molecule has 3 rings (SSSR count). The summed E-state index contributed by atoms with van der Waals surface area (Å²) in [5.41, 5.74) is 0.969. The largest absolute Gasteiger partial charge is 0.376 e. The van der Waals surface area contributed by atoms with Crippen LogP contribution in [0.3, 0.4) is 0 Å². The number of pyridine rings is 1. The van der Waals surface area contributed by atoms with Crippen molar-refractivity contribution >= 4 is 5.91 Å². The summed E-state index contributed by atoms with van der Waals surface area (Å²) in [4.78, 5) is 17.9. The van der Waals surface area contributed by atoms with Crippen LogP contribution in [0.25, 0.3) is 0 Å². The number of carbonyl (C=O) groups excluding carboxylic acids is 1. The highest BCUT2D eigenvalue weighted by Gasteiger charge is 2.54. The summed E-state index contributed by atoms with van der Waals surface area (Å²) in [5.74, 6) is 0.656. The average molecular weight is 304 g/mol. The van der Waals surface area contributed by atoms with Gasteiger partial charge in [0.2, 0.25) is 5.91 Å². The summed E-state index contributed by atoms with van der Waals surface area (Å²) in [6, 6.07) is 3.93. The molecule has 0 saturated carbocycles. The van der Waals surface area contributed by atoms with Crippen LogP contribution in [-0.4, -0.2) is 47.7 Å². The van der Waals surface area contributed by atoms with Crippen LogP contribution >= 0.6 is 0 Å². The van der Waals surface area contributed by atoms with Gasteiger partial charge in [0.15, 0.2) is 0 Å². The molecule has 2 aliphatic heterocycles. The second-order valence-electron chi connectivity index (χ2n) is 6.62. The lowest BCUT2D eigenvalue weighted by Gasteiger charge is -2.50. The van der Waals surface area contributed by atoms with Gasteiger partial charge >= 0.3 is 0 Å². The number of carbonyl (C=O) groups is 1. The Kier molecular flexibility index (Phi) is 4.45. The molecule has 5 heteroatoms. The standard InChI is InChI=1S/C17H24N2O3/c1-13(2)16(20)19-11-17(12-19)15(5-8-22-17)10-21-9-14-3-6-18-7-4-14/h3-4,6-7,13,15H,5,8-12H2,1-2H3/t15-/m0/s1. The third-order valence-corrected chi connectivity index (χ3v) is 4.66. The fraction of sp³-hybridized carbons (Fsp3) is 0.647. The summed E-state index contributed by atoms with van der Waals surface area (Å²) in [5, 5.41) is 0. The molecule has 5 nitrogen and oxygen atoms in total. The molecular weight excluding hydrogens is 280 g/mol. The lowest BCUT2D eigenvalue weighted by Crippen LogP contribution is -2.67. The molecule has 2 saturated heterocycles. The summed E-state index contributed by atoms with van der Waals surface area (Å²) < 4.78 is 11.8. The minimum atomic E-state index is -0.164. The van der Waals surface area contributed by atoms with Crippen LogP contribution < -0.4 is 0 Å². The van der Waals surface area contributed by atoms with E-state index in [0.29, 0.717) is 32.2 Å². The molecule has 3 heterocycles. The van der Waals surface area contributed by atoms with Crippen molar-refractivity contribution in [2.24, 2.45) is 11.8 Å². The third kappa shape index (κ3) is 3.01. The van der Waals surface area contributed by atoms with Crippen LogP contribution in [0.2, 0.25) is 0 Å². The van der Waals surface area contributed by atoms with Crippen LogP contribution in [0, 0.1) is 11.8 Å². The van der Waals surface area contributed by atoms with Gasteiger partial charge in [-0.05, 0) is 24.1 Å². The first-order valence-corrected chi connectivity index (χ1v) is 8.00. The fourth-order valence-corrected chi connectivity index (χ4v) is 3.29. The van der Waals surface area contributed by atoms with Crippen LogP contribution in [-0.2, 0) is 20.9 Å². The van der Waals surface area contributed by atoms with Gasteiger partial charge in [0, 0.05) is 30.8 Å². The molecule has 22 heavy (non-hydrogen) atoms.